The Hall–Kier alpha value is -3.92. The van der Waals surface area contributed by atoms with Crippen molar-refractivity contribution in [2.45, 2.75) is 6.92 Å². The van der Waals surface area contributed by atoms with Gasteiger partial charge in [0.05, 0.1) is 19.9 Å². The number of ketones is 1. The van der Waals surface area contributed by atoms with Crippen molar-refractivity contribution < 1.29 is 14.3 Å². The van der Waals surface area contributed by atoms with Crippen LogP contribution >= 0.6 is 0 Å². The summed E-state index contributed by atoms with van der Waals surface area (Å²) in [5.74, 6) is 1.57. The summed E-state index contributed by atoms with van der Waals surface area (Å²) < 4.78 is 10.6. The van der Waals surface area contributed by atoms with E-state index in [-0.39, 0.29) is 5.78 Å². The third-order valence-corrected chi connectivity index (χ3v) is 5.27. The molecule has 0 bridgehead atoms. The Morgan fingerprint density at radius 2 is 1.26 bits per heavy atom. The van der Waals surface area contributed by atoms with Crippen LogP contribution in [0.15, 0.2) is 85.1 Å². The van der Waals surface area contributed by atoms with Crippen molar-refractivity contribution >= 4 is 5.78 Å². The highest BCUT2D eigenvalue weighted by Gasteiger charge is 2.18. The second-order valence-corrected chi connectivity index (χ2v) is 7.17. The van der Waals surface area contributed by atoms with Gasteiger partial charge in [-0.05, 0) is 77.7 Å². The number of hydrogen-bond donors (Lipinski definition) is 0. The molecule has 1 aromatic heterocycles. The van der Waals surface area contributed by atoms with E-state index in [1.807, 2.05) is 78.9 Å². The standard InChI is InChI=1S/C27H23NO3/c1-18(29)21-16-24(19-7-11-22(30-2)12-8-19)27(26-6-4-5-15-28-26)25(17-21)20-9-13-23(31-3)14-10-20/h4-17H,1-3H3. The fraction of sp³-hybridized carbons (Fsp3) is 0.111. The van der Waals surface area contributed by atoms with Gasteiger partial charge in [0.25, 0.3) is 0 Å². The SMILES string of the molecule is COc1ccc(-c2cc(C(C)=O)cc(-c3ccc(OC)cc3)c2-c2ccccn2)cc1. The number of nitrogens with zero attached hydrogens (tertiary/aromatic N) is 1. The highest BCUT2D eigenvalue weighted by Crippen LogP contribution is 2.41. The number of benzene rings is 3. The molecule has 31 heavy (non-hydrogen) atoms. The summed E-state index contributed by atoms with van der Waals surface area (Å²) in [5, 5.41) is 0. The summed E-state index contributed by atoms with van der Waals surface area (Å²) >= 11 is 0. The van der Waals surface area contributed by atoms with Crippen LogP contribution < -0.4 is 9.47 Å². The lowest BCUT2D eigenvalue weighted by Crippen LogP contribution is -1.99. The molecule has 0 aliphatic rings. The van der Waals surface area contributed by atoms with Crippen LogP contribution in [0.5, 0.6) is 11.5 Å². The number of carbonyl (C=O) groups excluding carboxylic acids is 1. The van der Waals surface area contributed by atoms with Crippen LogP contribution in [0.25, 0.3) is 33.5 Å². The lowest BCUT2D eigenvalue weighted by Gasteiger charge is -2.18. The molecule has 4 nitrogen and oxygen atoms in total. The van der Waals surface area contributed by atoms with E-state index in [2.05, 4.69) is 4.98 Å². The molecule has 154 valence electrons. The molecule has 3 aromatic carbocycles. The van der Waals surface area contributed by atoms with E-state index < -0.39 is 0 Å². The Balaban J connectivity index is 2.04. The van der Waals surface area contributed by atoms with Crippen LogP contribution in [0.4, 0.5) is 0 Å². The fourth-order valence-corrected chi connectivity index (χ4v) is 3.63. The first kappa shape index (κ1) is 20.4. The number of aromatic nitrogens is 1. The van der Waals surface area contributed by atoms with Gasteiger partial charge < -0.3 is 9.47 Å². The van der Waals surface area contributed by atoms with Crippen molar-refractivity contribution in [3.05, 3.63) is 90.6 Å². The zero-order valence-electron chi connectivity index (χ0n) is 17.8. The topological polar surface area (TPSA) is 48.4 Å². The predicted octanol–water partition coefficient (Wildman–Crippen LogP) is 6.30. The number of ether oxygens (including phenoxy) is 2. The molecule has 0 amide bonds. The van der Waals surface area contributed by atoms with E-state index in [9.17, 15) is 4.79 Å². The van der Waals surface area contributed by atoms with Crippen LogP contribution in [0, 0.1) is 0 Å². The Labute approximate surface area is 182 Å². The van der Waals surface area contributed by atoms with Crippen molar-refractivity contribution in [1.29, 1.82) is 0 Å². The maximum Gasteiger partial charge on any atom is 0.159 e. The van der Waals surface area contributed by atoms with Gasteiger partial charge in [0.1, 0.15) is 11.5 Å². The monoisotopic (exact) mass is 409 g/mol. The molecule has 0 N–H and O–H groups in total. The summed E-state index contributed by atoms with van der Waals surface area (Å²) in [6, 6.07) is 25.4. The van der Waals surface area contributed by atoms with Gasteiger partial charge in [-0.1, -0.05) is 30.3 Å². The molecule has 1 heterocycles. The van der Waals surface area contributed by atoms with Crippen molar-refractivity contribution in [1.82, 2.24) is 4.98 Å². The molecule has 0 saturated carbocycles. The van der Waals surface area contributed by atoms with Crippen molar-refractivity contribution in [3.8, 4) is 45.0 Å². The van der Waals surface area contributed by atoms with E-state index in [0.717, 1.165) is 45.0 Å². The number of pyridine rings is 1. The van der Waals surface area contributed by atoms with Crippen molar-refractivity contribution in [2.24, 2.45) is 0 Å². The third kappa shape index (κ3) is 4.19. The molecule has 4 heteroatoms. The molecule has 4 rings (SSSR count). The molecule has 0 aliphatic carbocycles. The molecule has 0 spiro atoms. The van der Waals surface area contributed by atoms with Gasteiger partial charge in [-0.25, -0.2) is 0 Å². The second kappa shape index (κ2) is 8.84. The van der Waals surface area contributed by atoms with Crippen LogP contribution in [0.2, 0.25) is 0 Å². The maximum absolute atomic E-state index is 12.4. The van der Waals surface area contributed by atoms with Gasteiger partial charge >= 0.3 is 0 Å². The zero-order chi connectivity index (χ0) is 21.8. The number of carbonyl (C=O) groups is 1. The van der Waals surface area contributed by atoms with Crippen LogP contribution in [0.1, 0.15) is 17.3 Å². The van der Waals surface area contributed by atoms with E-state index in [0.29, 0.717) is 5.56 Å². The summed E-state index contributed by atoms with van der Waals surface area (Å²) in [7, 11) is 3.29. The minimum absolute atomic E-state index is 0.0112. The Kier molecular flexibility index (Phi) is 5.80. The molecular formula is C27H23NO3. The normalized spacial score (nSPS) is 10.5. The van der Waals surface area contributed by atoms with E-state index >= 15 is 0 Å². The molecule has 0 fully saturated rings. The quantitative estimate of drug-likeness (QED) is 0.351. The molecular weight excluding hydrogens is 386 g/mol. The minimum atomic E-state index is 0.0112. The van der Waals surface area contributed by atoms with Gasteiger partial charge in [-0.3, -0.25) is 9.78 Å². The minimum Gasteiger partial charge on any atom is -0.497 e. The highest BCUT2D eigenvalue weighted by atomic mass is 16.5. The number of hydrogen-bond acceptors (Lipinski definition) is 4. The Morgan fingerprint density at radius 3 is 1.65 bits per heavy atom. The molecule has 0 saturated heterocycles. The molecule has 0 atom stereocenters. The first-order valence-corrected chi connectivity index (χ1v) is 10.00. The second-order valence-electron chi connectivity index (χ2n) is 7.17. The zero-order valence-corrected chi connectivity index (χ0v) is 17.8. The van der Waals surface area contributed by atoms with Gasteiger partial charge in [0.15, 0.2) is 5.78 Å². The van der Waals surface area contributed by atoms with Gasteiger partial charge in [0.2, 0.25) is 0 Å². The summed E-state index contributed by atoms with van der Waals surface area (Å²) in [5.41, 5.74) is 6.32. The largest absolute Gasteiger partial charge is 0.497 e. The number of rotatable bonds is 6. The molecule has 0 aliphatic heterocycles. The van der Waals surface area contributed by atoms with Crippen molar-refractivity contribution in [3.63, 3.8) is 0 Å². The average Bonchev–Trinajstić information content (AvgIpc) is 2.84. The third-order valence-electron chi connectivity index (χ3n) is 5.27. The van der Waals surface area contributed by atoms with Gasteiger partial charge in [-0.2, -0.15) is 0 Å². The van der Waals surface area contributed by atoms with Crippen molar-refractivity contribution in [2.75, 3.05) is 14.2 Å². The van der Waals surface area contributed by atoms with E-state index in [1.165, 1.54) is 0 Å². The maximum atomic E-state index is 12.4. The molecule has 0 radical (unpaired) electrons. The first-order chi connectivity index (χ1) is 15.1. The van der Waals surface area contributed by atoms with E-state index in [1.54, 1.807) is 27.3 Å². The predicted molar refractivity (Wildman–Crippen MR) is 124 cm³/mol. The Morgan fingerprint density at radius 1 is 0.742 bits per heavy atom. The Bertz CT molecular complexity index is 1130. The fourth-order valence-electron chi connectivity index (χ4n) is 3.63. The summed E-state index contributed by atoms with van der Waals surface area (Å²) in [4.78, 5) is 17.0. The van der Waals surface area contributed by atoms with Gasteiger partial charge in [-0.15, -0.1) is 0 Å². The number of methoxy groups -OCH3 is 2. The first-order valence-electron chi connectivity index (χ1n) is 10.00. The van der Waals surface area contributed by atoms with Gasteiger partial charge in [0, 0.05) is 17.3 Å². The lowest BCUT2D eigenvalue weighted by atomic mass is 9.87. The van der Waals surface area contributed by atoms with Crippen LogP contribution in [-0.2, 0) is 0 Å². The summed E-state index contributed by atoms with van der Waals surface area (Å²) in [6.45, 7) is 1.59. The molecule has 4 aromatic rings. The highest BCUT2D eigenvalue weighted by molar-refractivity contribution is 6.02. The van der Waals surface area contributed by atoms with Crippen LogP contribution in [-0.4, -0.2) is 25.0 Å². The summed E-state index contributed by atoms with van der Waals surface area (Å²) in [6.07, 6.45) is 1.78. The molecule has 0 unspecified atom stereocenters. The lowest BCUT2D eigenvalue weighted by molar-refractivity contribution is 0.101. The van der Waals surface area contributed by atoms with E-state index in [4.69, 9.17) is 9.47 Å². The van der Waals surface area contributed by atoms with Crippen LogP contribution in [0.3, 0.4) is 0 Å². The average molecular weight is 409 g/mol. The number of Topliss-reactive ketones (excluding diaryl/α,β-unsaturated/α-hetero) is 1. The smallest absolute Gasteiger partial charge is 0.159 e.